The van der Waals surface area contributed by atoms with Crippen LogP contribution in [0.3, 0.4) is 0 Å². The average molecular weight is 276 g/mol. The predicted octanol–water partition coefficient (Wildman–Crippen LogP) is 1.89. The van der Waals surface area contributed by atoms with Crippen LogP contribution in [0.4, 0.5) is 5.69 Å². The van der Waals surface area contributed by atoms with Crippen molar-refractivity contribution in [3.05, 3.63) is 65.7 Å². The highest BCUT2D eigenvalue weighted by atomic mass is 32.2. The van der Waals surface area contributed by atoms with Crippen molar-refractivity contribution in [3.63, 3.8) is 0 Å². The number of anilines is 1. The lowest BCUT2D eigenvalue weighted by molar-refractivity contribution is 0.580. The molecule has 0 atom stereocenters. The first-order valence-electron chi connectivity index (χ1n) is 5.91. The number of rotatable bonds is 5. The van der Waals surface area contributed by atoms with Crippen LogP contribution in [0.1, 0.15) is 11.1 Å². The molecule has 2 rings (SSSR count). The van der Waals surface area contributed by atoms with Gasteiger partial charge in [0.15, 0.2) is 0 Å². The van der Waals surface area contributed by atoms with Gasteiger partial charge in [0.05, 0.1) is 5.75 Å². The molecule has 0 fully saturated rings. The van der Waals surface area contributed by atoms with Crippen LogP contribution >= 0.6 is 0 Å². The van der Waals surface area contributed by atoms with E-state index in [1.807, 2.05) is 30.3 Å². The van der Waals surface area contributed by atoms with Crippen LogP contribution in [0.25, 0.3) is 0 Å². The number of hydrogen-bond acceptors (Lipinski definition) is 3. The van der Waals surface area contributed by atoms with Crippen molar-refractivity contribution < 1.29 is 8.42 Å². The van der Waals surface area contributed by atoms with Gasteiger partial charge in [0.25, 0.3) is 0 Å². The molecule has 0 saturated heterocycles. The highest BCUT2D eigenvalue weighted by molar-refractivity contribution is 7.88. The number of sulfonamides is 1. The molecule has 0 aromatic heterocycles. The first-order valence-corrected chi connectivity index (χ1v) is 7.57. The summed E-state index contributed by atoms with van der Waals surface area (Å²) in [5.74, 6) is -0.0272. The summed E-state index contributed by atoms with van der Waals surface area (Å²) >= 11 is 0. The number of hydrogen-bond donors (Lipinski definition) is 2. The van der Waals surface area contributed by atoms with E-state index in [9.17, 15) is 8.42 Å². The Labute approximate surface area is 113 Å². The van der Waals surface area contributed by atoms with E-state index in [1.54, 1.807) is 24.3 Å². The van der Waals surface area contributed by atoms with E-state index in [4.69, 9.17) is 5.73 Å². The second kappa shape index (κ2) is 5.86. The van der Waals surface area contributed by atoms with Gasteiger partial charge in [0.2, 0.25) is 10.0 Å². The minimum Gasteiger partial charge on any atom is -0.398 e. The zero-order chi connectivity index (χ0) is 13.7. The summed E-state index contributed by atoms with van der Waals surface area (Å²) in [6.45, 7) is 0.210. The number of para-hydroxylation sites is 1. The van der Waals surface area contributed by atoms with Crippen LogP contribution in [-0.4, -0.2) is 8.42 Å². The first-order chi connectivity index (χ1) is 9.07. The van der Waals surface area contributed by atoms with E-state index in [0.717, 1.165) is 11.1 Å². The van der Waals surface area contributed by atoms with Gasteiger partial charge >= 0.3 is 0 Å². The Balaban J connectivity index is 2.01. The molecular weight excluding hydrogens is 260 g/mol. The number of nitrogens with one attached hydrogen (secondary N) is 1. The van der Waals surface area contributed by atoms with Crippen molar-refractivity contribution in [1.82, 2.24) is 4.72 Å². The largest absolute Gasteiger partial charge is 0.398 e. The summed E-state index contributed by atoms with van der Waals surface area (Å²) < 4.78 is 26.4. The van der Waals surface area contributed by atoms with Gasteiger partial charge in [-0.25, -0.2) is 13.1 Å². The van der Waals surface area contributed by atoms with Crippen LogP contribution in [0, 0.1) is 0 Å². The molecule has 100 valence electrons. The fourth-order valence-electron chi connectivity index (χ4n) is 1.73. The Morgan fingerprint density at radius 1 is 0.947 bits per heavy atom. The fourth-order valence-corrected chi connectivity index (χ4v) is 2.84. The summed E-state index contributed by atoms with van der Waals surface area (Å²) in [5, 5.41) is 0. The number of nitrogens with two attached hydrogens (primary N) is 1. The molecule has 0 aliphatic carbocycles. The molecule has 0 heterocycles. The maximum Gasteiger partial charge on any atom is 0.216 e. The fraction of sp³-hybridized carbons (Fsp3) is 0.143. The van der Waals surface area contributed by atoms with Crippen LogP contribution in [0.2, 0.25) is 0 Å². The maximum atomic E-state index is 11.9. The Morgan fingerprint density at radius 2 is 1.58 bits per heavy atom. The Hall–Kier alpha value is -1.85. The summed E-state index contributed by atoms with van der Waals surface area (Å²) in [6.07, 6.45) is 0. The molecule has 0 radical (unpaired) electrons. The highest BCUT2D eigenvalue weighted by Crippen LogP contribution is 2.11. The zero-order valence-corrected chi connectivity index (χ0v) is 11.2. The maximum absolute atomic E-state index is 11.9. The molecule has 5 heteroatoms. The number of benzene rings is 2. The molecule has 0 unspecified atom stereocenters. The van der Waals surface area contributed by atoms with E-state index < -0.39 is 10.0 Å². The summed E-state index contributed by atoms with van der Waals surface area (Å²) in [7, 11) is -3.36. The Kier molecular flexibility index (Phi) is 4.19. The van der Waals surface area contributed by atoms with Gasteiger partial charge in [-0.2, -0.15) is 0 Å². The van der Waals surface area contributed by atoms with Crippen molar-refractivity contribution in [2.24, 2.45) is 0 Å². The molecule has 0 amide bonds. The van der Waals surface area contributed by atoms with Gasteiger partial charge in [0, 0.05) is 12.2 Å². The molecule has 4 nitrogen and oxygen atoms in total. The molecule has 0 bridgehead atoms. The summed E-state index contributed by atoms with van der Waals surface area (Å²) in [4.78, 5) is 0. The minimum atomic E-state index is -3.36. The molecule has 2 aromatic rings. The van der Waals surface area contributed by atoms with Crippen molar-refractivity contribution in [3.8, 4) is 0 Å². The molecule has 0 aliphatic rings. The van der Waals surface area contributed by atoms with Gasteiger partial charge in [-0.1, -0.05) is 48.5 Å². The molecule has 0 aliphatic heterocycles. The van der Waals surface area contributed by atoms with E-state index in [2.05, 4.69) is 4.72 Å². The molecule has 3 N–H and O–H groups in total. The monoisotopic (exact) mass is 276 g/mol. The molecule has 0 spiro atoms. The summed E-state index contributed by atoms with van der Waals surface area (Å²) in [5.41, 5.74) is 7.89. The lowest BCUT2D eigenvalue weighted by Gasteiger charge is -2.08. The normalized spacial score (nSPS) is 11.4. The predicted molar refractivity (Wildman–Crippen MR) is 76.8 cm³/mol. The van der Waals surface area contributed by atoms with E-state index in [0.29, 0.717) is 5.69 Å². The third-order valence-electron chi connectivity index (χ3n) is 2.74. The van der Waals surface area contributed by atoms with Crippen molar-refractivity contribution in [1.29, 1.82) is 0 Å². The van der Waals surface area contributed by atoms with Crippen molar-refractivity contribution in [2.75, 3.05) is 5.73 Å². The lowest BCUT2D eigenvalue weighted by atomic mass is 10.2. The van der Waals surface area contributed by atoms with Gasteiger partial charge < -0.3 is 5.73 Å². The van der Waals surface area contributed by atoms with Gasteiger partial charge in [-0.05, 0) is 17.2 Å². The molecule has 2 aromatic carbocycles. The van der Waals surface area contributed by atoms with Crippen LogP contribution in [0.15, 0.2) is 54.6 Å². The van der Waals surface area contributed by atoms with E-state index >= 15 is 0 Å². The van der Waals surface area contributed by atoms with Crippen LogP contribution in [0.5, 0.6) is 0 Å². The van der Waals surface area contributed by atoms with Crippen LogP contribution in [-0.2, 0) is 22.3 Å². The van der Waals surface area contributed by atoms with Crippen molar-refractivity contribution in [2.45, 2.75) is 12.3 Å². The standard InChI is InChI=1S/C14H16N2O2S/c15-14-9-5-4-8-13(14)10-16-19(17,18)11-12-6-2-1-3-7-12/h1-9,16H,10-11,15H2. The Bertz CT molecular complexity index is 640. The third kappa shape index (κ3) is 4.08. The lowest BCUT2D eigenvalue weighted by Crippen LogP contribution is -2.25. The summed E-state index contributed by atoms with van der Waals surface area (Å²) in [6, 6.07) is 16.3. The second-order valence-corrected chi connectivity index (χ2v) is 6.07. The van der Waals surface area contributed by atoms with E-state index in [-0.39, 0.29) is 12.3 Å². The molecule has 19 heavy (non-hydrogen) atoms. The third-order valence-corrected chi connectivity index (χ3v) is 4.03. The molecular formula is C14H16N2O2S. The first kappa shape index (κ1) is 13.6. The zero-order valence-electron chi connectivity index (χ0n) is 10.4. The number of nitrogen functional groups attached to an aromatic ring is 1. The van der Waals surface area contributed by atoms with E-state index in [1.165, 1.54) is 0 Å². The van der Waals surface area contributed by atoms with Gasteiger partial charge in [0.1, 0.15) is 0 Å². The van der Waals surface area contributed by atoms with Gasteiger partial charge in [-0.3, -0.25) is 0 Å². The van der Waals surface area contributed by atoms with Crippen LogP contribution < -0.4 is 10.5 Å². The second-order valence-electron chi connectivity index (χ2n) is 4.26. The highest BCUT2D eigenvalue weighted by Gasteiger charge is 2.11. The topological polar surface area (TPSA) is 72.2 Å². The SMILES string of the molecule is Nc1ccccc1CNS(=O)(=O)Cc1ccccc1. The smallest absolute Gasteiger partial charge is 0.216 e. The van der Waals surface area contributed by atoms with Gasteiger partial charge in [-0.15, -0.1) is 0 Å². The molecule has 0 saturated carbocycles. The Morgan fingerprint density at radius 3 is 2.26 bits per heavy atom. The minimum absolute atomic E-state index is 0.0272. The van der Waals surface area contributed by atoms with Crippen molar-refractivity contribution >= 4 is 15.7 Å². The average Bonchev–Trinajstić information content (AvgIpc) is 2.38. The quantitative estimate of drug-likeness (QED) is 0.819.